The van der Waals surface area contributed by atoms with Crippen LogP contribution in [-0.4, -0.2) is 34.2 Å². The molecular formula is C22H22Cl2N4O2. The van der Waals surface area contributed by atoms with Crippen molar-refractivity contribution in [2.45, 2.75) is 25.4 Å². The minimum absolute atomic E-state index is 0.234. The van der Waals surface area contributed by atoms with Crippen molar-refractivity contribution >= 4 is 35.0 Å². The monoisotopic (exact) mass is 444 g/mol. The SMILES string of the molecule is O=C(NC(Cc1ccccc1)C(=O)NCCCn1cccn1)c1ccc(Cl)cc1Cl. The van der Waals surface area contributed by atoms with E-state index in [4.69, 9.17) is 23.2 Å². The van der Waals surface area contributed by atoms with Crippen LogP contribution in [-0.2, 0) is 17.8 Å². The molecule has 0 fully saturated rings. The largest absolute Gasteiger partial charge is 0.354 e. The first-order chi connectivity index (χ1) is 14.5. The zero-order chi connectivity index (χ0) is 21.3. The molecule has 0 radical (unpaired) electrons. The lowest BCUT2D eigenvalue weighted by atomic mass is 10.0. The molecule has 0 aliphatic carbocycles. The van der Waals surface area contributed by atoms with Crippen molar-refractivity contribution in [3.05, 3.63) is 88.2 Å². The van der Waals surface area contributed by atoms with Gasteiger partial charge in [0.15, 0.2) is 0 Å². The lowest BCUT2D eigenvalue weighted by Crippen LogP contribution is -2.48. The molecule has 1 heterocycles. The van der Waals surface area contributed by atoms with E-state index in [-0.39, 0.29) is 16.5 Å². The fourth-order valence-corrected chi connectivity index (χ4v) is 3.47. The average Bonchev–Trinajstić information content (AvgIpc) is 3.25. The van der Waals surface area contributed by atoms with E-state index in [2.05, 4.69) is 15.7 Å². The lowest BCUT2D eigenvalue weighted by molar-refractivity contribution is -0.122. The van der Waals surface area contributed by atoms with Crippen LogP contribution in [0.5, 0.6) is 0 Å². The van der Waals surface area contributed by atoms with Gasteiger partial charge in [0.2, 0.25) is 5.91 Å². The molecule has 1 aromatic heterocycles. The Morgan fingerprint density at radius 1 is 1.07 bits per heavy atom. The summed E-state index contributed by atoms with van der Waals surface area (Å²) in [4.78, 5) is 25.5. The summed E-state index contributed by atoms with van der Waals surface area (Å²) in [5, 5.41) is 10.5. The number of hydrogen-bond acceptors (Lipinski definition) is 3. The number of carbonyl (C=O) groups is 2. The Balaban J connectivity index is 1.64. The van der Waals surface area contributed by atoms with Gasteiger partial charge in [-0.1, -0.05) is 53.5 Å². The van der Waals surface area contributed by atoms with E-state index in [1.54, 1.807) is 23.0 Å². The molecule has 0 saturated carbocycles. The Morgan fingerprint density at radius 2 is 1.87 bits per heavy atom. The van der Waals surface area contributed by atoms with Crippen LogP contribution < -0.4 is 10.6 Å². The van der Waals surface area contributed by atoms with Gasteiger partial charge < -0.3 is 10.6 Å². The van der Waals surface area contributed by atoms with Crippen molar-refractivity contribution < 1.29 is 9.59 Å². The summed E-state index contributed by atoms with van der Waals surface area (Å²) >= 11 is 12.1. The second-order valence-corrected chi connectivity index (χ2v) is 7.60. The summed E-state index contributed by atoms with van der Waals surface area (Å²) in [5.74, 6) is -0.679. The maximum atomic E-state index is 12.8. The quantitative estimate of drug-likeness (QED) is 0.493. The Hall–Kier alpha value is -2.83. The van der Waals surface area contributed by atoms with Crippen LogP contribution in [0.2, 0.25) is 10.0 Å². The molecule has 2 N–H and O–H groups in total. The highest BCUT2D eigenvalue weighted by Gasteiger charge is 2.22. The van der Waals surface area contributed by atoms with Gasteiger partial charge in [-0.3, -0.25) is 14.3 Å². The maximum Gasteiger partial charge on any atom is 0.253 e. The first kappa shape index (κ1) is 21.9. The highest BCUT2D eigenvalue weighted by molar-refractivity contribution is 6.36. The summed E-state index contributed by atoms with van der Waals surface area (Å²) in [6, 6.07) is 15.3. The number of rotatable bonds is 9. The summed E-state index contributed by atoms with van der Waals surface area (Å²) in [6.45, 7) is 1.17. The Bertz CT molecular complexity index is 978. The third kappa shape index (κ3) is 6.34. The predicted molar refractivity (Wildman–Crippen MR) is 118 cm³/mol. The van der Waals surface area contributed by atoms with Crippen LogP contribution in [0.15, 0.2) is 67.0 Å². The highest BCUT2D eigenvalue weighted by Crippen LogP contribution is 2.21. The summed E-state index contributed by atoms with van der Waals surface area (Å²) in [6.07, 6.45) is 4.67. The molecule has 156 valence electrons. The number of nitrogens with zero attached hydrogens (tertiary/aromatic N) is 2. The van der Waals surface area contributed by atoms with Crippen molar-refractivity contribution in [2.24, 2.45) is 0 Å². The molecule has 0 saturated heterocycles. The minimum Gasteiger partial charge on any atom is -0.354 e. The van der Waals surface area contributed by atoms with Gasteiger partial charge in [-0.15, -0.1) is 0 Å². The third-order valence-electron chi connectivity index (χ3n) is 4.50. The Kier molecular flexibility index (Phi) is 7.88. The number of aromatic nitrogens is 2. The normalized spacial score (nSPS) is 11.7. The van der Waals surface area contributed by atoms with E-state index in [9.17, 15) is 9.59 Å². The number of aryl methyl sites for hydroxylation is 1. The number of hydrogen-bond donors (Lipinski definition) is 2. The van der Waals surface area contributed by atoms with Crippen LogP contribution in [0.25, 0.3) is 0 Å². The van der Waals surface area contributed by atoms with Gasteiger partial charge in [-0.05, 0) is 36.2 Å². The van der Waals surface area contributed by atoms with Crippen LogP contribution in [0.3, 0.4) is 0 Å². The molecule has 8 heteroatoms. The molecule has 3 aromatic rings. The summed E-state index contributed by atoms with van der Waals surface area (Å²) < 4.78 is 1.80. The molecule has 1 unspecified atom stereocenters. The van der Waals surface area contributed by atoms with Gasteiger partial charge in [0.25, 0.3) is 5.91 Å². The zero-order valence-corrected chi connectivity index (χ0v) is 17.7. The van der Waals surface area contributed by atoms with Gasteiger partial charge >= 0.3 is 0 Å². The molecular weight excluding hydrogens is 423 g/mol. The van der Waals surface area contributed by atoms with E-state index >= 15 is 0 Å². The molecule has 3 rings (SSSR count). The van der Waals surface area contributed by atoms with Crippen LogP contribution >= 0.6 is 23.2 Å². The summed E-state index contributed by atoms with van der Waals surface area (Å²) in [7, 11) is 0. The highest BCUT2D eigenvalue weighted by atomic mass is 35.5. The smallest absolute Gasteiger partial charge is 0.253 e. The zero-order valence-electron chi connectivity index (χ0n) is 16.2. The van der Waals surface area contributed by atoms with Crippen molar-refractivity contribution in [1.82, 2.24) is 20.4 Å². The van der Waals surface area contributed by atoms with Gasteiger partial charge in [-0.2, -0.15) is 5.10 Å². The second kappa shape index (κ2) is 10.8. The van der Waals surface area contributed by atoms with E-state index in [0.717, 1.165) is 12.0 Å². The van der Waals surface area contributed by atoms with E-state index in [1.165, 1.54) is 6.07 Å². The van der Waals surface area contributed by atoms with E-state index < -0.39 is 11.9 Å². The molecule has 0 aliphatic heterocycles. The fourth-order valence-electron chi connectivity index (χ4n) is 2.98. The topological polar surface area (TPSA) is 76.0 Å². The first-order valence-corrected chi connectivity index (χ1v) is 10.3. The number of amides is 2. The molecule has 0 aliphatic rings. The van der Waals surface area contributed by atoms with E-state index in [1.807, 2.05) is 42.6 Å². The molecule has 1 atom stereocenters. The Morgan fingerprint density at radius 3 is 2.57 bits per heavy atom. The lowest BCUT2D eigenvalue weighted by Gasteiger charge is -2.19. The van der Waals surface area contributed by atoms with Gasteiger partial charge in [0.1, 0.15) is 6.04 Å². The Labute approximate surface area is 185 Å². The molecule has 0 spiro atoms. The number of nitrogens with one attached hydrogen (secondary N) is 2. The molecule has 6 nitrogen and oxygen atoms in total. The average molecular weight is 445 g/mol. The van der Waals surface area contributed by atoms with Crippen molar-refractivity contribution in [1.29, 1.82) is 0 Å². The molecule has 2 amide bonds. The van der Waals surface area contributed by atoms with Gasteiger partial charge in [0.05, 0.1) is 10.6 Å². The van der Waals surface area contributed by atoms with Gasteiger partial charge in [-0.25, -0.2) is 0 Å². The molecule has 30 heavy (non-hydrogen) atoms. The molecule has 0 bridgehead atoms. The minimum atomic E-state index is -0.739. The standard InChI is InChI=1S/C22H22Cl2N4O2/c23-17-8-9-18(19(24)15-17)21(29)27-20(14-16-6-2-1-3-7-16)22(30)25-10-4-12-28-13-5-11-26-28/h1-3,5-9,11,13,15,20H,4,10,12,14H2,(H,25,30)(H,27,29). The van der Waals surface area contributed by atoms with Crippen molar-refractivity contribution in [3.8, 4) is 0 Å². The number of benzene rings is 2. The van der Waals surface area contributed by atoms with Crippen molar-refractivity contribution in [2.75, 3.05) is 6.54 Å². The fraction of sp³-hybridized carbons (Fsp3) is 0.227. The van der Waals surface area contributed by atoms with Crippen molar-refractivity contribution in [3.63, 3.8) is 0 Å². The third-order valence-corrected chi connectivity index (χ3v) is 5.05. The van der Waals surface area contributed by atoms with Crippen LogP contribution in [0.1, 0.15) is 22.3 Å². The van der Waals surface area contributed by atoms with E-state index in [0.29, 0.717) is 24.5 Å². The maximum absolute atomic E-state index is 12.8. The number of carbonyl (C=O) groups excluding carboxylic acids is 2. The second-order valence-electron chi connectivity index (χ2n) is 6.75. The molecule has 2 aromatic carbocycles. The van der Waals surface area contributed by atoms with Crippen LogP contribution in [0, 0.1) is 0 Å². The number of halogens is 2. The first-order valence-electron chi connectivity index (χ1n) is 9.58. The van der Waals surface area contributed by atoms with Gasteiger partial charge in [0, 0.05) is 36.9 Å². The summed E-state index contributed by atoms with van der Waals surface area (Å²) in [5.41, 5.74) is 1.21. The predicted octanol–water partition coefficient (Wildman–Crippen LogP) is 3.74. The van der Waals surface area contributed by atoms with Crippen LogP contribution in [0.4, 0.5) is 0 Å².